The Bertz CT molecular complexity index is 948. The molecule has 2 aromatic carbocycles. The first-order valence-electron chi connectivity index (χ1n) is 10.8. The maximum Gasteiger partial charge on any atom is 0.324 e. The average Bonchev–Trinajstić information content (AvgIpc) is 2.74. The average molecular weight is 436 g/mol. The molecule has 4 nitrogen and oxygen atoms in total. The van der Waals surface area contributed by atoms with Crippen molar-refractivity contribution >= 4 is 26.2 Å². The molecule has 1 heterocycles. The van der Waals surface area contributed by atoms with Crippen LogP contribution in [0.4, 0.5) is 0 Å². The van der Waals surface area contributed by atoms with Crippen LogP contribution in [0.2, 0.25) is 18.1 Å². The van der Waals surface area contributed by atoms with Crippen LogP contribution in [0.1, 0.15) is 38.3 Å². The number of rotatable bonds is 7. The second-order valence-corrected chi connectivity index (χ2v) is 15.0. The zero-order chi connectivity index (χ0) is 22.7. The van der Waals surface area contributed by atoms with E-state index in [1.165, 1.54) is 0 Å². The van der Waals surface area contributed by atoms with E-state index in [4.69, 9.17) is 4.74 Å². The molecule has 1 aliphatic rings. The topological polar surface area (TPSA) is 46.6 Å². The number of nitrogens with zero attached hydrogens (tertiary/aromatic N) is 1. The molecule has 1 atom stereocenters. The molecule has 1 fully saturated rings. The first-order valence-corrected chi connectivity index (χ1v) is 13.8. The minimum absolute atomic E-state index is 0.0165. The van der Waals surface area contributed by atoms with Gasteiger partial charge < -0.3 is 9.30 Å². The van der Waals surface area contributed by atoms with Crippen LogP contribution in [-0.4, -0.2) is 31.2 Å². The van der Waals surface area contributed by atoms with Crippen LogP contribution in [-0.2, 0) is 20.9 Å². The molecule has 0 saturated carbocycles. The molecule has 0 aliphatic carbocycles. The second-order valence-electron chi connectivity index (χ2n) is 9.86. The van der Waals surface area contributed by atoms with E-state index in [1.54, 1.807) is 0 Å². The number of hydrogen-bond acceptors (Lipinski definition) is 3. The van der Waals surface area contributed by atoms with Gasteiger partial charge in [-0.3, -0.25) is 9.59 Å². The van der Waals surface area contributed by atoms with E-state index < -0.39 is 19.6 Å². The lowest BCUT2D eigenvalue weighted by Crippen LogP contribution is -2.74. The van der Waals surface area contributed by atoms with Crippen LogP contribution < -0.4 is 0 Å². The van der Waals surface area contributed by atoms with E-state index >= 15 is 0 Å². The zero-order valence-electron chi connectivity index (χ0n) is 19.2. The highest BCUT2D eigenvalue weighted by Crippen LogP contribution is 2.47. The minimum Gasteiger partial charge on any atom is -0.460 e. The van der Waals surface area contributed by atoms with E-state index in [0.717, 1.165) is 11.1 Å². The van der Waals surface area contributed by atoms with Crippen molar-refractivity contribution in [2.24, 2.45) is 5.41 Å². The highest BCUT2D eigenvalue weighted by Gasteiger charge is 2.63. The Balaban J connectivity index is 1.80. The lowest BCUT2D eigenvalue weighted by molar-refractivity contribution is -0.175. The fourth-order valence-corrected chi connectivity index (χ4v) is 5.84. The van der Waals surface area contributed by atoms with Crippen molar-refractivity contribution in [1.82, 2.24) is 4.57 Å². The third-order valence-corrected chi connectivity index (χ3v) is 12.2. The summed E-state index contributed by atoms with van der Waals surface area (Å²) in [6.07, 6.45) is 4.24. The molecule has 0 spiro atoms. The summed E-state index contributed by atoms with van der Waals surface area (Å²) in [6, 6.07) is 19.5. The fraction of sp³-hybridized carbons (Fsp3) is 0.385. The Hall–Kier alpha value is -2.66. The van der Waals surface area contributed by atoms with Crippen molar-refractivity contribution in [2.75, 3.05) is 6.54 Å². The number of β-lactam (4-membered cyclic amide) rings is 1. The molecule has 0 bridgehead atoms. The summed E-state index contributed by atoms with van der Waals surface area (Å²) in [5, 5.41) is 0.0165. The minimum atomic E-state index is -2.06. The molecule has 1 amide bonds. The maximum absolute atomic E-state index is 13.5. The van der Waals surface area contributed by atoms with Gasteiger partial charge in [-0.25, -0.2) is 0 Å². The van der Waals surface area contributed by atoms with Crippen molar-refractivity contribution in [3.63, 3.8) is 0 Å². The van der Waals surface area contributed by atoms with E-state index in [1.807, 2.05) is 77.4 Å². The van der Waals surface area contributed by atoms with Crippen molar-refractivity contribution < 1.29 is 14.3 Å². The van der Waals surface area contributed by atoms with Gasteiger partial charge in [0.1, 0.15) is 6.61 Å². The van der Waals surface area contributed by atoms with Gasteiger partial charge in [0.15, 0.2) is 13.7 Å². The second kappa shape index (κ2) is 8.83. The molecule has 0 unspecified atom stereocenters. The lowest BCUT2D eigenvalue weighted by Gasteiger charge is -2.57. The maximum atomic E-state index is 13.5. The molecule has 5 heteroatoms. The highest BCUT2D eigenvalue weighted by molar-refractivity contribution is 6.80. The van der Waals surface area contributed by atoms with Crippen molar-refractivity contribution in [3.05, 3.63) is 77.9 Å². The SMILES string of the molecule is CC(C)(C)[Si](C)(C)N1C[C@](CC=Cc2ccccc2)(C(=O)OCc2ccccc2)C1=O. The monoisotopic (exact) mass is 435 g/mol. The summed E-state index contributed by atoms with van der Waals surface area (Å²) in [6.45, 7) is 11.5. The lowest BCUT2D eigenvalue weighted by atomic mass is 9.77. The normalized spacial score (nSPS) is 19.4. The van der Waals surface area contributed by atoms with Gasteiger partial charge in [-0.15, -0.1) is 0 Å². The number of carbonyl (C=O) groups excluding carboxylic acids is 2. The molecular formula is C26H33NO3Si. The number of benzene rings is 2. The van der Waals surface area contributed by atoms with Crippen LogP contribution in [0.15, 0.2) is 66.7 Å². The molecule has 0 radical (unpaired) electrons. The molecule has 1 aliphatic heterocycles. The smallest absolute Gasteiger partial charge is 0.324 e. The molecule has 31 heavy (non-hydrogen) atoms. The molecule has 2 aromatic rings. The van der Waals surface area contributed by atoms with Gasteiger partial charge in [0.25, 0.3) is 0 Å². The van der Waals surface area contributed by atoms with Crippen LogP contribution in [0.5, 0.6) is 0 Å². The highest BCUT2D eigenvalue weighted by atomic mass is 28.3. The number of ether oxygens (including phenoxy) is 1. The Labute approximate surface area is 187 Å². The largest absolute Gasteiger partial charge is 0.460 e. The van der Waals surface area contributed by atoms with Crippen LogP contribution in [0, 0.1) is 5.41 Å². The summed E-state index contributed by atoms with van der Waals surface area (Å²) in [5.74, 6) is -0.510. The first-order chi connectivity index (χ1) is 14.6. The van der Waals surface area contributed by atoms with Crippen molar-refractivity contribution in [3.8, 4) is 0 Å². The van der Waals surface area contributed by atoms with Gasteiger partial charge in [0, 0.05) is 6.54 Å². The number of hydrogen-bond donors (Lipinski definition) is 0. The van der Waals surface area contributed by atoms with Gasteiger partial charge in [-0.05, 0) is 22.6 Å². The molecule has 1 saturated heterocycles. The summed E-state index contributed by atoms with van der Waals surface area (Å²) in [4.78, 5) is 26.7. The summed E-state index contributed by atoms with van der Waals surface area (Å²) < 4.78 is 7.62. The molecule has 0 aromatic heterocycles. The Kier molecular flexibility index (Phi) is 6.55. The number of esters is 1. The molecule has 0 N–H and O–H groups in total. The zero-order valence-corrected chi connectivity index (χ0v) is 20.2. The third kappa shape index (κ3) is 4.66. The first kappa shape index (κ1) is 23.0. The van der Waals surface area contributed by atoms with Crippen molar-refractivity contribution in [1.29, 1.82) is 0 Å². The standard InChI is InChI=1S/C26H33NO3Si/c1-25(2,3)31(4,5)27-20-26(23(27)28,18-12-17-21-13-8-6-9-14-21)24(29)30-19-22-15-10-7-11-16-22/h6-17H,18-20H2,1-5H3/t26-/m0/s1. The van der Waals surface area contributed by atoms with E-state index in [9.17, 15) is 9.59 Å². The van der Waals surface area contributed by atoms with Crippen LogP contribution >= 0.6 is 0 Å². The number of allylic oxidation sites excluding steroid dienone is 1. The quantitative estimate of drug-likeness (QED) is 0.244. The molecule has 164 valence electrons. The van der Waals surface area contributed by atoms with E-state index in [-0.39, 0.29) is 17.6 Å². The van der Waals surface area contributed by atoms with Gasteiger partial charge in [0.05, 0.1) is 0 Å². The van der Waals surface area contributed by atoms with Crippen LogP contribution in [0.3, 0.4) is 0 Å². The summed E-state index contributed by atoms with van der Waals surface area (Å²) >= 11 is 0. The van der Waals surface area contributed by atoms with Gasteiger partial charge in [-0.1, -0.05) is 107 Å². The van der Waals surface area contributed by atoms with Crippen LogP contribution in [0.25, 0.3) is 6.08 Å². The van der Waals surface area contributed by atoms with Crippen molar-refractivity contribution in [2.45, 2.75) is 51.9 Å². The molecule has 3 rings (SSSR count). The predicted octanol–water partition coefficient (Wildman–Crippen LogP) is 5.67. The molecular weight excluding hydrogens is 402 g/mol. The van der Waals surface area contributed by atoms with Gasteiger partial charge >= 0.3 is 5.97 Å². The fourth-order valence-electron chi connectivity index (χ4n) is 3.64. The van der Waals surface area contributed by atoms with E-state index in [0.29, 0.717) is 13.0 Å². The van der Waals surface area contributed by atoms with E-state index in [2.05, 4.69) is 33.9 Å². The Morgan fingerprint density at radius 1 is 1.06 bits per heavy atom. The number of carbonyl (C=O) groups is 2. The third-order valence-electron chi connectivity index (χ3n) is 6.77. The van der Waals surface area contributed by atoms with Gasteiger partial charge in [0.2, 0.25) is 5.91 Å². The Morgan fingerprint density at radius 2 is 1.65 bits per heavy atom. The van der Waals surface area contributed by atoms with Gasteiger partial charge in [-0.2, -0.15) is 0 Å². The Morgan fingerprint density at radius 3 is 2.19 bits per heavy atom. The predicted molar refractivity (Wildman–Crippen MR) is 128 cm³/mol. The number of amides is 1. The summed E-state index contributed by atoms with van der Waals surface area (Å²) in [5.41, 5.74) is 0.831. The summed E-state index contributed by atoms with van der Waals surface area (Å²) in [7, 11) is -2.06.